The van der Waals surface area contributed by atoms with Crippen LogP contribution in [0, 0.1) is 0 Å². The van der Waals surface area contributed by atoms with E-state index in [0.29, 0.717) is 28.0 Å². The molecule has 0 spiro atoms. The van der Waals surface area contributed by atoms with Crippen molar-refractivity contribution in [3.05, 3.63) is 59.1 Å². The lowest BCUT2D eigenvalue weighted by Gasteiger charge is -2.26. The Morgan fingerprint density at radius 2 is 2.00 bits per heavy atom. The number of anilines is 1. The standard InChI is InChI=1S/C21H21ClN2O4S2/c1-28-18-9-8-15(22)11-16(18)24-17-12-30(26,27)13-19(17)29-21(24)23-20(25)10-7-14-5-3-2-4-6-14/h2-6,8-9,11,17,19H,7,10,12-13H2,1H3. The Labute approximate surface area is 185 Å². The van der Waals surface area contributed by atoms with Gasteiger partial charge in [0.05, 0.1) is 30.3 Å². The van der Waals surface area contributed by atoms with Crippen molar-refractivity contribution in [1.82, 2.24) is 0 Å². The van der Waals surface area contributed by atoms with Gasteiger partial charge in [0.2, 0.25) is 5.91 Å². The van der Waals surface area contributed by atoms with Crippen LogP contribution in [0.2, 0.25) is 5.02 Å². The minimum absolute atomic E-state index is 0.0115. The molecule has 2 fully saturated rings. The van der Waals surface area contributed by atoms with E-state index in [0.717, 1.165) is 5.56 Å². The van der Waals surface area contributed by atoms with Crippen LogP contribution in [0.1, 0.15) is 12.0 Å². The number of aryl methyl sites for hydroxylation is 1. The third-order valence-corrected chi connectivity index (χ3v) is 8.60. The fourth-order valence-electron chi connectivity index (χ4n) is 3.76. The fourth-order valence-corrected chi connectivity index (χ4v) is 7.85. The van der Waals surface area contributed by atoms with Crippen molar-refractivity contribution in [1.29, 1.82) is 0 Å². The van der Waals surface area contributed by atoms with Crippen molar-refractivity contribution >= 4 is 50.0 Å². The van der Waals surface area contributed by atoms with Crippen LogP contribution in [0.25, 0.3) is 0 Å². The van der Waals surface area contributed by atoms with Crippen molar-refractivity contribution in [2.24, 2.45) is 4.99 Å². The van der Waals surface area contributed by atoms with Crippen molar-refractivity contribution in [2.45, 2.75) is 24.1 Å². The SMILES string of the molecule is COc1ccc(Cl)cc1N1C(=NC(=O)CCc2ccccc2)SC2CS(=O)(=O)CC21. The highest BCUT2D eigenvalue weighted by Crippen LogP contribution is 2.44. The lowest BCUT2D eigenvalue weighted by atomic mass is 10.1. The van der Waals surface area contributed by atoms with Crippen molar-refractivity contribution in [3.8, 4) is 5.75 Å². The minimum atomic E-state index is -3.15. The number of sulfone groups is 1. The maximum absolute atomic E-state index is 12.6. The highest BCUT2D eigenvalue weighted by molar-refractivity contribution is 8.16. The van der Waals surface area contributed by atoms with Crippen LogP contribution in [0.15, 0.2) is 53.5 Å². The molecule has 2 unspecified atom stereocenters. The van der Waals surface area contributed by atoms with Crippen molar-refractivity contribution in [3.63, 3.8) is 0 Å². The molecule has 0 aromatic heterocycles. The number of carbonyl (C=O) groups excluding carboxylic acids is 1. The van der Waals surface area contributed by atoms with E-state index in [1.54, 1.807) is 25.3 Å². The summed E-state index contributed by atoms with van der Waals surface area (Å²) >= 11 is 7.55. The van der Waals surface area contributed by atoms with Gasteiger partial charge in [-0.3, -0.25) is 4.79 Å². The van der Waals surface area contributed by atoms with Crippen LogP contribution in [0.5, 0.6) is 5.75 Å². The van der Waals surface area contributed by atoms with Gasteiger partial charge in [-0.25, -0.2) is 8.42 Å². The number of aliphatic imine (C=N–C) groups is 1. The Hall–Kier alpha value is -2.03. The maximum atomic E-state index is 12.6. The van der Waals surface area contributed by atoms with Crippen LogP contribution in [0.4, 0.5) is 5.69 Å². The number of rotatable bonds is 5. The zero-order valence-electron chi connectivity index (χ0n) is 16.3. The van der Waals surface area contributed by atoms with Crippen LogP contribution in [-0.2, 0) is 21.1 Å². The summed E-state index contributed by atoms with van der Waals surface area (Å²) in [5, 5.41) is 0.813. The topological polar surface area (TPSA) is 76.0 Å². The Morgan fingerprint density at radius 1 is 1.23 bits per heavy atom. The third kappa shape index (κ3) is 4.50. The van der Waals surface area contributed by atoms with Crippen molar-refractivity contribution in [2.75, 3.05) is 23.5 Å². The number of hydrogen-bond donors (Lipinski definition) is 0. The molecule has 2 heterocycles. The average molecular weight is 465 g/mol. The van der Waals surface area contributed by atoms with Gasteiger partial charge in [0.15, 0.2) is 15.0 Å². The second-order valence-corrected chi connectivity index (χ2v) is 11.1. The first-order chi connectivity index (χ1) is 14.4. The summed E-state index contributed by atoms with van der Waals surface area (Å²) in [5.41, 5.74) is 1.69. The largest absolute Gasteiger partial charge is 0.495 e. The number of methoxy groups -OCH3 is 1. The molecule has 2 aromatic rings. The summed E-state index contributed by atoms with van der Waals surface area (Å²) in [5.74, 6) is 0.390. The number of nitrogens with zero attached hydrogens (tertiary/aromatic N) is 2. The zero-order chi connectivity index (χ0) is 21.3. The molecule has 2 saturated heterocycles. The smallest absolute Gasteiger partial charge is 0.248 e. The molecule has 2 atom stereocenters. The number of amides is 1. The molecule has 158 valence electrons. The Balaban J connectivity index is 1.64. The molecule has 2 aliphatic heterocycles. The van der Waals surface area contributed by atoms with E-state index in [4.69, 9.17) is 16.3 Å². The highest BCUT2D eigenvalue weighted by atomic mass is 35.5. The molecule has 0 aliphatic carbocycles. The molecular weight excluding hydrogens is 444 g/mol. The van der Waals surface area contributed by atoms with Gasteiger partial charge in [0.1, 0.15) is 5.75 Å². The van der Waals surface area contributed by atoms with E-state index in [2.05, 4.69) is 4.99 Å². The van der Waals surface area contributed by atoms with Gasteiger partial charge in [-0.2, -0.15) is 4.99 Å². The summed E-state index contributed by atoms with van der Waals surface area (Å²) < 4.78 is 29.9. The zero-order valence-corrected chi connectivity index (χ0v) is 18.7. The molecular formula is C21H21ClN2O4S2. The summed E-state index contributed by atoms with van der Waals surface area (Å²) in [6.45, 7) is 0. The predicted molar refractivity (Wildman–Crippen MR) is 122 cm³/mol. The lowest BCUT2D eigenvalue weighted by Crippen LogP contribution is -2.38. The summed E-state index contributed by atoms with van der Waals surface area (Å²) in [6.07, 6.45) is 0.880. The molecule has 4 rings (SSSR count). The molecule has 0 saturated carbocycles. The quantitative estimate of drug-likeness (QED) is 0.673. The van der Waals surface area contributed by atoms with E-state index >= 15 is 0 Å². The molecule has 2 aliphatic rings. The fraction of sp³-hybridized carbons (Fsp3) is 0.333. The van der Waals surface area contributed by atoms with E-state index in [9.17, 15) is 13.2 Å². The monoisotopic (exact) mass is 464 g/mol. The number of benzene rings is 2. The van der Waals surface area contributed by atoms with Gasteiger partial charge in [0.25, 0.3) is 0 Å². The van der Waals surface area contributed by atoms with Crippen LogP contribution in [-0.4, -0.2) is 49.4 Å². The molecule has 0 radical (unpaired) electrons. The van der Waals surface area contributed by atoms with Gasteiger partial charge < -0.3 is 9.64 Å². The minimum Gasteiger partial charge on any atom is -0.495 e. The molecule has 9 heteroatoms. The van der Waals surface area contributed by atoms with Gasteiger partial charge >= 0.3 is 0 Å². The number of carbonyl (C=O) groups is 1. The second-order valence-electron chi connectivity index (χ2n) is 7.26. The number of thioether (sulfide) groups is 1. The van der Waals surface area contributed by atoms with E-state index in [1.165, 1.54) is 11.8 Å². The first-order valence-corrected chi connectivity index (χ1v) is 12.6. The number of halogens is 1. The second kappa shape index (κ2) is 8.61. The van der Waals surface area contributed by atoms with Gasteiger partial charge in [0, 0.05) is 16.7 Å². The summed E-state index contributed by atoms with van der Waals surface area (Å²) in [7, 11) is -1.61. The summed E-state index contributed by atoms with van der Waals surface area (Å²) in [4.78, 5) is 18.8. The first kappa shape index (κ1) is 21.2. The molecule has 0 bridgehead atoms. The molecule has 1 amide bonds. The first-order valence-electron chi connectivity index (χ1n) is 9.51. The van der Waals surface area contributed by atoms with E-state index < -0.39 is 9.84 Å². The van der Waals surface area contributed by atoms with Gasteiger partial charge in [-0.15, -0.1) is 0 Å². The average Bonchev–Trinajstić information content (AvgIpc) is 3.17. The van der Waals surface area contributed by atoms with Crippen LogP contribution < -0.4 is 9.64 Å². The lowest BCUT2D eigenvalue weighted by molar-refractivity contribution is -0.117. The Kier molecular flexibility index (Phi) is 6.09. The number of fused-ring (bicyclic) bond motifs is 1. The van der Waals surface area contributed by atoms with E-state index in [-0.39, 0.29) is 35.1 Å². The van der Waals surface area contributed by atoms with Crippen LogP contribution in [0.3, 0.4) is 0 Å². The molecule has 0 N–H and O–H groups in total. The molecule has 6 nitrogen and oxygen atoms in total. The number of hydrogen-bond acceptors (Lipinski definition) is 5. The number of amidine groups is 1. The van der Waals surface area contributed by atoms with Gasteiger partial charge in [-0.1, -0.05) is 53.7 Å². The molecule has 30 heavy (non-hydrogen) atoms. The van der Waals surface area contributed by atoms with E-state index in [1.807, 2.05) is 35.2 Å². The maximum Gasteiger partial charge on any atom is 0.248 e. The van der Waals surface area contributed by atoms with Gasteiger partial charge in [-0.05, 0) is 30.2 Å². The third-order valence-electron chi connectivity index (χ3n) is 5.16. The highest BCUT2D eigenvalue weighted by Gasteiger charge is 2.50. The van der Waals surface area contributed by atoms with Crippen molar-refractivity contribution < 1.29 is 17.9 Å². The predicted octanol–water partition coefficient (Wildman–Crippen LogP) is 3.58. The number of ether oxygens (including phenoxy) is 1. The molecule has 2 aromatic carbocycles. The Bertz CT molecular complexity index is 1090. The summed E-state index contributed by atoms with van der Waals surface area (Å²) in [6, 6.07) is 14.6. The van der Waals surface area contributed by atoms with Crippen LogP contribution >= 0.6 is 23.4 Å². The Morgan fingerprint density at radius 3 is 2.73 bits per heavy atom. The normalized spacial score (nSPS) is 23.5.